The Morgan fingerprint density at radius 3 is 2.40 bits per heavy atom. The number of carbonyl (C=O) groups is 1. The number of ether oxygens (including phenoxy) is 2. The minimum absolute atomic E-state index is 0. The van der Waals surface area contributed by atoms with Crippen LogP contribution in [0.5, 0.6) is 5.75 Å². The summed E-state index contributed by atoms with van der Waals surface area (Å²) in [6, 6.07) is 12.0. The van der Waals surface area contributed by atoms with E-state index in [1.54, 1.807) is 18.2 Å². The van der Waals surface area contributed by atoms with Crippen molar-refractivity contribution in [1.29, 1.82) is 0 Å². The molecular weight excluding hydrogens is 417 g/mol. The first-order valence-corrected chi connectivity index (χ1v) is 9.03. The van der Waals surface area contributed by atoms with E-state index in [9.17, 15) is 19.1 Å². The van der Waals surface area contributed by atoms with Crippen molar-refractivity contribution >= 4 is 36.8 Å². The molecule has 0 spiro atoms. The van der Waals surface area contributed by atoms with Crippen molar-refractivity contribution in [3.05, 3.63) is 64.1 Å². The van der Waals surface area contributed by atoms with Crippen LogP contribution in [0.3, 0.4) is 0 Å². The number of hydrogen-bond donors (Lipinski definition) is 1. The van der Waals surface area contributed by atoms with E-state index >= 15 is 0 Å². The van der Waals surface area contributed by atoms with E-state index in [1.807, 2.05) is 0 Å². The van der Waals surface area contributed by atoms with Crippen LogP contribution in [0.1, 0.15) is 11.4 Å². The van der Waals surface area contributed by atoms with Crippen LogP contribution < -0.4 is 61.0 Å². The quantitative estimate of drug-likeness (QED) is 0.400. The van der Waals surface area contributed by atoms with Gasteiger partial charge in [-0.25, -0.2) is 4.79 Å². The van der Waals surface area contributed by atoms with E-state index < -0.39 is 26.0 Å². The normalized spacial score (nSPS) is 13.9. The van der Waals surface area contributed by atoms with Crippen LogP contribution in [0.4, 0.5) is 0 Å². The molecule has 0 aromatic heterocycles. The molecule has 0 heterocycles. The van der Waals surface area contributed by atoms with E-state index in [0.717, 1.165) is 0 Å². The summed E-state index contributed by atoms with van der Waals surface area (Å²) in [5.74, 6) is -2.61. The molecule has 2 unspecified atom stereocenters. The smallest absolute Gasteiger partial charge is 0.776 e. The Balaban J connectivity index is 0.00000312. The van der Waals surface area contributed by atoms with Crippen molar-refractivity contribution in [3.63, 3.8) is 0 Å². The second-order valence-electron chi connectivity index (χ2n) is 4.68. The van der Waals surface area contributed by atoms with Crippen molar-refractivity contribution in [3.8, 4) is 5.75 Å². The van der Waals surface area contributed by atoms with E-state index in [2.05, 4.69) is 0 Å². The van der Waals surface area contributed by atoms with Crippen LogP contribution in [-0.2, 0) is 14.1 Å². The Labute approximate surface area is 197 Å². The van der Waals surface area contributed by atoms with Crippen molar-refractivity contribution in [2.45, 2.75) is 5.85 Å². The summed E-state index contributed by atoms with van der Waals surface area (Å²) in [4.78, 5) is 32.6. The molecule has 2 aromatic carbocycles. The Hall–Kier alpha value is 0.0764. The Morgan fingerprint density at radius 1 is 1.20 bits per heavy atom. The van der Waals surface area contributed by atoms with Crippen LogP contribution >= 0.6 is 30.8 Å². The van der Waals surface area contributed by atoms with Crippen LogP contribution in [0.25, 0.3) is 0 Å². The zero-order valence-corrected chi connectivity index (χ0v) is 18.6. The van der Waals surface area contributed by atoms with Crippen LogP contribution in [-0.4, -0.2) is 17.5 Å². The monoisotopic (exact) mass is 428 g/mol. The maximum absolute atomic E-state index is 11.8. The van der Waals surface area contributed by atoms with Gasteiger partial charge in [-0.3, -0.25) is 0 Å². The summed E-state index contributed by atoms with van der Waals surface area (Å²) in [7, 11) is -4.96. The predicted molar refractivity (Wildman–Crippen MR) is 87.1 cm³/mol. The third-order valence-corrected chi connectivity index (χ3v) is 4.39. The molecule has 0 aliphatic heterocycles. The molecule has 1 N–H and O–H groups in total. The number of esters is 1. The van der Waals surface area contributed by atoms with Crippen molar-refractivity contribution < 1.29 is 80.0 Å². The second kappa shape index (κ2) is 10.4. The second-order valence-corrected chi connectivity index (χ2v) is 7.12. The number of hydrogen-bond acceptors (Lipinski definition) is 5. The van der Waals surface area contributed by atoms with E-state index in [4.69, 9.17) is 32.7 Å². The molecule has 0 fully saturated rings. The fraction of sp³-hybridized carbons (Fsp3) is 0.133. The maximum atomic E-state index is 11.8. The third kappa shape index (κ3) is 7.31. The van der Waals surface area contributed by atoms with Gasteiger partial charge in [-0.15, -0.1) is 0 Å². The molecule has 2 rings (SSSR count). The van der Waals surface area contributed by atoms with Crippen molar-refractivity contribution in [1.82, 2.24) is 0 Å². The third-order valence-electron chi connectivity index (χ3n) is 2.86. The zero-order valence-electron chi connectivity index (χ0n) is 13.1. The van der Waals surface area contributed by atoms with E-state index in [1.165, 1.54) is 30.3 Å². The molecule has 0 amide bonds. The molecule has 25 heavy (non-hydrogen) atoms. The minimum atomic E-state index is -4.96. The number of carbonyl (C=O) groups excluding carboxylic acids is 1. The standard InChI is InChI=1S/C15H13Cl2O6P.K/c16-11-6-7-13(12(17)8-11)22-9-14(18)23-15(24(19,20)21)10-4-2-1-3-5-10;/h1-8,15H,9H2,(H2,19,20,21);/q;+1/p-1. The van der Waals surface area contributed by atoms with Gasteiger partial charge in [-0.05, 0) is 18.2 Å². The summed E-state index contributed by atoms with van der Waals surface area (Å²) in [5.41, 5.74) is 0.121. The maximum Gasteiger partial charge on any atom is 1.00 e. The van der Waals surface area contributed by atoms with Crippen LogP contribution in [0.2, 0.25) is 10.0 Å². The first-order chi connectivity index (χ1) is 11.3. The molecule has 2 atom stereocenters. The van der Waals surface area contributed by atoms with Crippen LogP contribution in [0.15, 0.2) is 48.5 Å². The van der Waals surface area contributed by atoms with Gasteiger partial charge in [0.15, 0.2) is 20.0 Å². The van der Waals surface area contributed by atoms with Gasteiger partial charge in [-0.2, -0.15) is 0 Å². The summed E-state index contributed by atoms with van der Waals surface area (Å²) in [5, 5.41) is 0.582. The average molecular weight is 429 g/mol. The number of rotatable bonds is 6. The van der Waals surface area contributed by atoms with Gasteiger partial charge < -0.3 is 23.8 Å². The topological polar surface area (TPSA) is 95.9 Å². The summed E-state index contributed by atoms with van der Waals surface area (Å²) < 4.78 is 21.5. The van der Waals surface area contributed by atoms with Crippen molar-refractivity contribution in [2.24, 2.45) is 0 Å². The van der Waals surface area contributed by atoms with E-state index in [0.29, 0.717) is 5.02 Å². The molecule has 0 bridgehead atoms. The molecule has 0 aliphatic carbocycles. The first kappa shape index (κ1) is 23.1. The zero-order chi connectivity index (χ0) is 17.7. The average Bonchev–Trinajstić information content (AvgIpc) is 2.51. The predicted octanol–water partition coefficient (Wildman–Crippen LogP) is 0.164. The van der Waals surface area contributed by atoms with Gasteiger partial charge in [0.05, 0.1) is 5.02 Å². The number of benzene rings is 2. The molecule has 0 radical (unpaired) electrons. The molecular formula is C15H12Cl2KO6P. The largest absolute Gasteiger partial charge is 1.00 e. The van der Waals surface area contributed by atoms with Gasteiger partial charge in [0.25, 0.3) is 0 Å². The molecule has 0 saturated carbocycles. The summed E-state index contributed by atoms with van der Waals surface area (Å²) in [6.45, 7) is -0.593. The molecule has 2 aromatic rings. The molecule has 128 valence electrons. The minimum Gasteiger partial charge on any atom is -0.776 e. The fourth-order valence-electron chi connectivity index (χ4n) is 1.83. The SMILES string of the molecule is O=C(COc1ccc(Cl)cc1Cl)OC(c1ccccc1)P(=O)([O-])O.[K+]. The summed E-state index contributed by atoms with van der Waals surface area (Å²) in [6.07, 6.45) is 0. The molecule has 0 saturated heterocycles. The van der Waals surface area contributed by atoms with Gasteiger partial charge in [0.1, 0.15) is 5.75 Å². The number of halogens is 2. The van der Waals surface area contributed by atoms with Gasteiger partial charge in [-0.1, -0.05) is 53.5 Å². The molecule has 6 nitrogen and oxygen atoms in total. The van der Waals surface area contributed by atoms with Gasteiger partial charge in [0, 0.05) is 10.6 Å². The van der Waals surface area contributed by atoms with Crippen molar-refractivity contribution in [2.75, 3.05) is 6.61 Å². The first-order valence-electron chi connectivity index (χ1n) is 6.63. The fourth-order valence-corrected chi connectivity index (χ4v) is 3.09. The Kier molecular flexibility index (Phi) is 9.64. The van der Waals surface area contributed by atoms with Gasteiger partial charge >= 0.3 is 57.4 Å². The Morgan fingerprint density at radius 2 is 1.84 bits per heavy atom. The van der Waals surface area contributed by atoms with E-state index in [-0.39, 0.29) is 67.7 Å². The van der Waals surface area contributed by atoms with Crippen LogP contribution in [0, 0.1) is 0 Å². The summed E-state index contributed by atoms with van der Waals surface area (Å²) >= 11 is 11.6. The molecule has 10 heteroatoms. The van der Waals surface area contributed by atoms with Gasteiger partial charge in [0.2, 0.25) is 0 Å². The Bertz CT molecular complexity index is 768. The molecule has 0 aliphatic rings.